The maximum Gasteiger partial charge on any atom is 0.239 e. The van der Waals surface area contributed by atoms with E-state index in [-0.39, 0.29) is 17.7 Å². The van der Waals surface area contributed by atoms with Crippen LogP contribution in [0.1, 0.15) is 18.1 Å². The molecular formula is C20H25FN2O2. The van der Waals surface area contributed by atoms with Crippen molar-refractivity contribution in [3.8, 4) is 5.75 Å². The number of hydrogen-bond acceptors (Lipinski definition) is 3. The summed E-state index contributed by atoms with van der Waals surface area (Å²) in [4.78, 5) is 16.3. The van der Waals surface area contributed by atoms with Gasteiger partial charge in [0.05, 0.1) is 13.2 Å². The van der Waals surface area contributed by atoms with Gasteiger partial charge in [-0.1, -0.05) is 36.4 Å². The fourth-order valence-corrected chi connectivity index (χ4v) is 2.68. The number of hydrogen-bond donors (Lipinski definition) is 0. The molecule has 25 heavy (non-hydrogen) atoms. The zero-order valence-electron chi connectivity index (χ0n) is 15.2. The maximum absolute atomic E-state index is 13.8. The third kappa shape index (κ3) is 5.03. The second-order valence-corrected chi connectivity index (χ2v) is 6.24. The van der Waals surface area contributed by atoms with Gasteiger partial charge in [0.15, 0.2) is 11.6 Å². The molecule has 1 atom stereocenters. The third-order valence-electron chi connectivity index (χ3n) is 4.31. The van der Waals surface area contributed by atoms with Crippen molar-refractivity contribution in [2.24, 2.45) is 0 Å². The quantitative estimate of drug-likeness (QED) is 0.772. The first-order valence-corrected chi connectivity index (χ1v) is 8.24. The van der Waals surface area contributed by atoms with Gasteiger partial charge in [0, 0.05) is 20.1 Å². The Morgan fingerprint density at radius 1 is 1.08 bits per heavy atom. The van der Waals surface area contributed by atoms with Crippen molar-refractivity contribution in [3.63, 3.8) is 0 Å². The topological polar surface area (TPSA) is 32.8 Å². The van der Waals surface area contributed by atoms with Crippen LogP contribution in [0.3, 0.4) is 0 Å². The highest BCUT2D eigenvalue weighted by Crippen LogP contribution is 2.19. The number of carbonyl (C=O) groups excluding carboxylic acids is 1. The summed E-state index contributed by atoms with van der Waals surface area (Å²) < 4.78 is 18.7. The molecule has 4 nitrogen and oxygen atoms in total. The summed E-state index contributed by atoms with van der Waals surface area (Å²) in [6.45, 7) is 2.91. The van der Waals surface area contributed by atoms with Gasteiger partial charge < -0.3 is 9.64 Å². The summed E-state index contributed by atoms with van der Waals surface area (Å²) in [5.74, 6) is -0.146. The van der Waals surface area contributed by atoms with Gasteiger partial charge in [-0.25, -0.2) is 4.39 Å². The average Bonchev–Trinajstić information content (AvgIpc) is 2.61. The number of halogens is 1. The van der Waals surface area contributed by atoms with E-state index >= 15 is 0 Å². The fourth-order valence-electron chi connectivity index (χ4n) is 2.68. The Morgan fingerprint density at radius 2 is 1.76 bits per heavy atom. The van der Waals surface area contributed by atoms with Gasteiger partial charge in [-0.2, -0.15) is 0 Å². The molecular weight excluding hydrogens is 319 g/mol. The Bertz CT molecular complexity index is 706. The van der Waals surface area contributed by atoms with E-state index in [1.165, 1.54) is 13.2 Å². The van der Waals surface area contributed by atoms with E-state index in [0.717, 1.165) is 11.1 Å². The van der Waals surface area contributed by atoms with Crippen LogP contribution in [0.15, 0.2) is 48.5 Å². The second-order valence-electron chi connectivity index (χ2n) is 6.24. The molecule has 134 valence electrons. The van der Waals surface area contributed by atoms with Crippen LogP contribution in [0.25, 0.3) is 0 Å². The zero-order valence-corrected chi connectivity index (χ0v) is 15.2. The van der Waals surface area contributed by atoms with Crippen molar-refractivity contribution in [2.75, 3.05) is 21.2 Å². The molecule has 0 aromatic heterocycles. The third-order valence-corrected chi connectivity index (χ3v) is 4.31. The predicted molar refractivity (Wildman–Crippen MR) is 96.8 cm³/mol. The molecule has 0 radical (unpaired) electrons. The molecule has 0 saturated carbocycles. The van der Waals surface area contributed by atoms with Crippen molar-refractivity contribution in [1.82, 2.24) is 9.80 Å². The molecule has 0 heterocycles. The first-order chi connectivity index (χ1) is 11.9. The molecule has 0 fully saturated rings. The molecule has 0 spiro atoms. The first-order valence-electron chi connectivity index (χ1n) is 8.24. The lowest BCUT2D eigenvalue weighted by Gasteiger charge is -2.28. The van der Waals surface area contributed by atoms with Gasteiger partial charge in [0.2, 0.25) is 5.91 Å². The van der Waals surface area contributed by atoms with Crippen molar-refractivity contribution >= 4 is 5.91 Å². The molecule has 0 N–H and O–H groups in total. The highest BCUT2D eigenvalue weighted by Gasteiger charge is 2.22. The van der Waals surface area contributed by atoms with E-state index in [1.807, 2.05) is 55.3 Å². The van der Waals surface area contributed by atoms with Crippen LogP contribution in [0, 0.1) is 5.82 Å². The molecule has 2 aromatic rings. The summed E-state index contributed by atoms with van der Waals surface area (Å²) in [6.07, 6.45) is 0. The van der Waals surface area contributed by atoms with Crippen LogP contribution < -0.4 is 4.74 Å². The van der Waals surface area contributed by atoms with Crippen molar-refractivity contribution in [1.29, 1.82) is 0 Å². The molecule has 0 aliphatic carbocycles. The summed E-state index contributed by atoms with van der Waals surface area (Å²) in [5.41, 5.74) is 1.89. The van der Waals surface area contributed by atoms with E-state index in [1.54, 1.807) is 18.0 Å². The molecule has 5 heteroatoms. The van der Waals surface area contributed by atoms with Gasteiger partial charge in [0.1, 0.15) is 0 Å². The summed E-state index contributed by atoms with van der Waals surface area (Å²) >= 11 is 0. The monoisotopic (exact) mass is 344 g/mol. The lowest BCUT2D eigenvalue weighted by molar-refractivity contribution is -0.135. The molecule has 2 rings (SSSR count). The number of amides is 1. The maximum atomic E-state index is 13.8. The molecule has 0 bridgehead atoms. The van der Waals surface area contributed by atoms with Gasteiger partial charge in [-0.3, -0.25) is 9.69 Å². The Morgan fingerprint density at radius 3 is 2.36 bits per heavy atom. The van der Waals surface area contributed by atoms with Crippen LogP contribution in [0.5, 0.6) is 5.75 Å². The number of nitrogens with zero attached hydrogens (tertiary/aromatic N) is 2. The van der Waals surface area contributed by atoms with Gasteiger partial charge in [0.25, 0.3) is 0 Å². The highest BCUT2D eigenvalue weighted by molar-refractivity contribution is 5.81. The van der Waals surface area contributed by atoms with Crippen molar-refractivity contribution in [2.45, 2.75) is 26.1 Å². The molecule has 0 saturated heterocycles. The van der Waals surface area contributed by atoms with Crippen LogP contribution in [-0.4, -0.2) is 43.0 Å². The molecule has 1 amide bonds. The van der Waals surface area contributed by atoms with E-state index in [4.69, 9.17) is 4.74 Å². The number of carbonyl (C=O) groups is 1. The van der Waals surface area contributed by atoms with Crippen LogP contribution >= 0.6 is 0 Å². The van der Waals surface area contributed by atoms with E-state index in [2.05, 4.69) is 0 Å². The summed E-state index contributed by atoms with van der Waals surface area (Å²) in [5, 5.41) is 0. The van der Waals surface area contributed by atoms with E-state index in [0.29, 0.717) is 13.1 Å². The van der Waals surface area contributed by atoms with Crippen molar-refractivity contribution in [3.05, 3.63) is 65.5 Å². The average molecular weight is 344 g/mol. The van der Waals surface area contributed by atoms with Gasteiger partial charge in [-0.15, -0.1) is 0 Å². The number of benzene rings is 2. The Labute approximate surface area is 148 Å². The molecule has 0 aliphatic rings. The minimum absolute atomic E-state index is 0.0281. The first kappa shape index (κ1) is 18.9. The summed E-state index contributed by atoms with van der Waals surface area (Å²) in [7, 11) is 5.10. The molecule has 2 aromatic carbocycles. The van der Waals surface area contributed by atoms with E-state index in [9.17, 15) is 9.18 Å². The Kier molecular flexibility index (Phi) is 6.53. The normalized spacial score (nSPS) is 12.1. The van der Waals surface area contributed by atoms with Crippen molar-refractivity contribution < 1.29 is 13.9 Å². The summed E-state index contributed by atoms with van der Waals surface area (Å²) in [6, 6.07) is 14.4. The fraction of sp³-hybridized carbons (Fsp3) is 0.350. The minimum atomic E-state index is -0.395. The predicted octanol–water partition coefficient (Wildman–Crippen LogP) is 3.31. The van der Waals surface area contributed by atoms with Crippen LogP contribution in [0.4, 0.5) is 4.39 Å². The Balaban J connectivity index is 1.97. The van der Waals surface area contributed by atoms with E-state index < -0.39 is 5.82 Å². The number of rotatable bonds is 7. The number of methoxy groups -OCH3 is 1. The molecule has 1 unspecified atom stereocenters. The number of likely N-dealkylation sites (N-methyl/N-ethyl adjacent to an activating group) is 2. The lowest BCUT2D eigenvalue weighted by atomic mass is 10.1. The highest BCUT2D eigenvalue weighted by atomic mass is 19.1. The van der Waals surface area contributed by atoms with Gasteiger partial charge in [-0.05, 0) is 37.2 Å². The standard InChI is InChI=1S/C20H25FN2O2/c1-15(20(24)23(3)13-16-8-6-5-7-9-16)22(2)14-17-10-11-19(25-4)18(21)12-17/h5-12,15H,13-14H2,1-4H3. The second kappa shape index (κ2) is 8.62. The van der Waals surface area contributed by atoms with Crippen LogP contribution in [-0.2, 0) is 17.9 Å². The minimum Gasteiger partial charge on any atom is -0.494 e. The number of ether oxygens (including phenoxy) is 1. The smallest absolute Gasteiger partial charge is 0.239 e. The van der Waals surface area contributed by atoms with Gasteiger partial charge >= 0.3 is 0 Å². The lowest BCUT2D eigenvalue weighted by Crippen LogP contribution is -2.43. The zero-order chi connectivity index (χ0) is 18.4. The largest absolute Gasteiger partial charge is 0.494 e. The van der Waals surface area contributed by atoms with Crippen LogP contribution in [0.2, 0.25) is 0 Å². The SMILES string of the molecule is COc1ccc(CN(C)C(C)C(=O)N(C)Cc2ccccc2)cc1F. The Hall–Kier alpha value is -2.40. The molecule has 0 aliphatic heterocycles.